The molecule has 12 heavy (non-hydrogen) atoms. The van der Waals surface area contributed by atoms with E-state index in [1.165, 1.54) is 4.31 Å². The number of hydrogen-bond acceptors (Lipinski definition) is 2. The second kappa shape index (κ2) is 2.48. The van der Waals surface area contributed by atoms with Crippen LogP contribution in [-0.2, 0) is 10.0 Å². The summed E-state index contributed by atoms with van der Waals surface area (Å²) in [7, 11) is -2.94. The van der Waals surface area contributed by atoms with Gasteiger partial charge in [0.15, 0.2) is 0 Å². The van der Waals surface area contributed by atoms with Gasteiger partial charge in [0.05, 0.1) is 11.4 Å². The fourth-order valence-electron chi connectivity index (χ4n) is 1.22. The quantitative estimate of drug-likeness (QED) is 0.647. The molecular weight excluding hydrogens is 174 g/mol. The van der Waals surface area contributed by atoms with Crippen LogP contribution in [0.2, 0.25) is 0 Å². The lowest BCUT2D eigenvalue weighted by Gasteiger charge is -2.32. The maximum absolute atomic E-state index is 11.1. The first-order chi connectivity index (χ1) is 5.70. The van der Waals surface area contributed by atoms with Crippen molar-refractivity contribution < 1.29 is 8.42 Å². The van der Waals surface area contributed by atoms with Crippen LogP contribution in [0.5, 0.6) is 0 Å². The van der Waals surface area contributed by atoms with E-state index in [1.807, 2.05) is 18.2 Å². The molecule has 0 aliphatic carbocycles. The van der Waals surface area contributed by atoms with Crippen LogP contribution in [0.4, 0.5) is 5.69 Å². The number of anilines is 1. The van der Waals surface area contributed by atoms with E-state index in [9.17, 15) is 8.42 Å². The largest absolute Gasteiger partial charge is 0.269 e. The van der Waals surface area contributed by atoms with E-state index in [-0.39, 0.29) is 5.75 Å². The van der Waals surface area contributed by atoms with Crippen LogP contribution in [0.3, 0.4) is 0 Å². The molecule has 0 aromatic heterocycles. The molecule has 4 heteroatoms. The first kappa shape index (κ1) is 7.61. The molecule has 0 unspecified atom stereocenters. The maximum atomic E-state index is 11.1. The van der Waals surface area contributed by atoms with Crippen molar-refractivity contribution in [3.63, 3.8) is 0 Å². The molecule has 0 saturated carbocycles. The molecule has 0 N–H and O–H groups in total. The predicted molar refractivity (Wildman–Crippen MR) is 47.6 cm³/mol. The second-order valence-corrected chi connectivity index (χ2v) is 4.74. The Kier molecular flexibility index (Phi) is 1.58. The van der Waals surface area contributed by atoms with Crippen molar-refractivity contribution in [2.45, 2.75) is 0 Å². The van der Waals surface area contributed by atoms with Gasteiger partial charge in [-0.15, -0.1) is 0 Å². The molecule has 2 rings (SSSR count). The third kappa shape index (κ3) is 1.08. The third-order valence-corrected chi connectivity index (χ3v) is 3.70. The minimum atomic E-state index is -2.94. The summed E-state index contributed by atoms with van der Waals surface area (Å²) < 4.78 is 23.7. The summed E-state index contributed by atoms with van der Waals surface area (Å²) in [5.41, 5.74) is 0.767. The predicted octanol–water partition coefficient (Wildman–Crippen LogP) is 0.836. The summed E-state index contributed by atoms with van der Waals surface area (Å²) in [6, 6.07) is 9.15. The molecule has 1 aliphatic heterocycles. The highest BCUT2D eigenvalue weighted by Gasteiger charge is 2.32. The molecule has 1 saturated heterocycles. The first-order valence-electron chi connectivity index (χ1n) is 3.76. The highest BCUT2D eigenvalue weighted by atomic mass is 32.2. The van der Waals surface area contributed by atoms with Gasteiger partial charge in [0.1, 0.15) is 0 Å². The molecule has 1 heterocycles. The molecule has 3 nitrogen and oxygen atoms in total. The van der Waals surface area contributed by atoms with Crippen molar-refractivity contribution in [2.24, 2.45) is 0 Å². The number of para-hydroxylation sites is 1. The maximum Gasteiger partial charge on any atom is 0.236 e. The fourth-order valence-corrected chi connectivity index (χ4v) is 2.32. The molecule has 1 fully saturated rings. The minimum absolute atomic E-state index is 0.280. The Morgan fingerprint density at radius 1 is 1.17 bits per heavy atom. The van der Waals surface area contributed by atoms with Gasteiger partial charge in [-0.1, -0.05) is 18.2 Å². The average molecular weight is 183 g/mol. The molecule has 1 aromatic carbocycles. The molecule has 1 aromatic rings. The van der Waals surface area contributed by atoms with Gasteiger partial charge >= 0.3 is 0 Å². The Labute approximate surface area is 71.7 Å². The van der Waals surface area contributed by atoms with Gasteiger partial charge in [-0.25, -0.2) is 8.42 Å². The van der Waals surface area contributed by atoms with Gasteiger partial charge < -0.3 is 0 Å². The standard InChI is InChI=1S/C8H9NO2S/c10-12(11)7-6-9(12)8-4-2-1-3-5-8/h1-5H,6-7H2. The summed E-state index contributed by atoms with van der Waals surface area (Å²) in [4.78, 5) is 0. The van der Waals surface area contributed by atoms with E-state index in [2.05, 4.69) is 0 Å². The average Bonchev–Trinajstić information content (AvgIpc) is 2.05. The van der Waals surface area contributed by atoms with E-state index < -0.39 is 10.0 Å². The van der Waals surface area contributed by atoms with Crippen LogP contribution in [0, 0.1) is 0 Å². The van der Waals surface area contributed by atoms with E-state index in [4.69, 9.17) is 0 Å². The lowest BCUT2D eigenvalue weighted by molar-refractivity contribution is 0.578. The summed E-state index contributed by atoms with van der Waals surface area (Å²) in [6.07, 6.45) is 0. The van der Waals surface area contributed by atoms with Gasteiger partial charge in [-0.2, -0.15) is 0 Å². The fraction of sp³-hybridized carbons (Fsp3) is 0.250. The molecule has 64 valence electrons. The summed E-state index contributed by atoms with van der Waals surface area (Å²) in [6.45, 7) is 0.617. The van der Waals surface area contributed by atoms with Crippen LogP contribution in [0.1, 0.15) is 0 Å². The number of nitrogens with zero attached hydrogens (tertiary/aromatic N) is 1. The molecule has 1 aliphatic rings. The molecule has 0 atom stereocenters. The van der Waals surface area contributed by atoms with Crippen molar-refractivity contribution >= 4 is 15.7 Å². The van der Waals surface area contributed by atoms with Crippen molar-refractivity contribution in [1.29, 1.82) is 0 Å². The zero-order chi connectivity index (χ0) is 8.60. The van der Waals surface area contributed by atoms with Crippen LogP contribution in [-0.4, -0.2) is 20.7 Å². The Balaban J connectivity index is 2.34. The zero-order valence-electron chi connectivity index (χ0n) is 6.47. The second-order valence-electron chi connectivity index (χ2n) is 2.72. The van der Waals surface area contributed by atoms with E-state index in [0.29, 0.717) is 6.54 Å². The lowest BCUT2D eigenvalue weighted by Crippen LogP contribution is -2.47. The molecule has 0 amide bonds. The van der Waals surface area contributed by atoms with Crippen LogP contribution in [0.15, 0.2) is 30.3 Å². The monoisotopic (exact) mass is 183 g/mol. The van der Waals surface area contributed by atoms with E-state index in [0.717, 1.165) is 5.69 Å². The zero-order valence-corrected chi connectivity index (χ0v) is 7.29. The number of rotatable bonds is 1. The Bertz CT molecular complexity index is 371. The van der Waals surface area contributed by atoms with Gasteiger partial charge in [0.2, 0.25) is 10.0 Å². The number of sulfonamides is 1. The van der Waals surface area contributed by atoms with Crippen molar-refractivity contribution in [3.8, 4) is 0 Å². The number of hydrogen-bond donors (Lipinski definition) is 0. The Morgan fingerprint density at radius 3 is 2.25 bits per heavy atom. The Hall–Kier alpha value is -1.03. The van der Waals surface area contributed by atoms with Crippen LogP contribution in [0.25, 0.3) is 0 Å². The Morgan fingerprint density at radius 2 is 1.83 bits per heavy atom. The first-order valence-corrected chi connectivity index (χ1v) is 5.36. The lowest BCUT2D eigenvalue weighted by atomic mass is 10.3. The van der Waals surface area contributed by atoms with Crippen molar-refractivity contribution in [3.05, 3.63) is 30.3 Å². The van der Waals surface area contributed by atoms with E-state index in [1.54, 1.807) is 12.1 Å². The summed E-state index contributed by atoms with van der Waals surface area (Å²) in [5, 5.41) is 0. The summed E-state index contributed by atoms with van der Waals surface area (Å²) >= 11 is 0. The highest BCUT2D eigenvalue weighted by molar-refractivity contribution is 7.94. The highest BCUT2D eigenvalue weighted by Crippen LogP contribution is 2.23. The topological polar surface area (TPSA) is 37.4 Å². The number of benzene rings is 1. The third-order valence-electron chi connectivity index (χ3n) is 1.93. The minimum Gasteiger partial charge on any atom is -0.269 e. The van der Waals surface area contributed by atoms with Crippen molar-refractivity contribution in [2.75, 3.05) is 16.6 Å². The van der Waals surface area contributed by atoms with Gasteiger partial charge in [0.25, 0.3) is 0 Å². The van der Waals surface area contributed by atoms with E-state index >= 15 is 0 Å². The van der Waals surface area contributed by atoms with Gasteiger partial charge in [-0.05, 0) is 12.1 Å². The molecule has 0 spiro atoms. The van der Waals surface area contributed by atoms with Gasteiger partial charge in [0, 0.05) is 6.54 Å². The van der Waals surface area contributed by atoms with Crippen LogP contribution >= 0.6 is 0 Å². The van der Waals surface area contributed by atoms with Crippen molar-refractivity contribution in [1.82, 2.24) is 0 Å². The van der Waals surface area contributed by atoms with Gasteiger partial charge in [-0.3, -0.25) is 4.31 Å². The SMILES string of the molecule is O=S1(=O)CCN1c1ccccc1. The smallest absolute Gasteiger partial charge is 0.236 e. The normalized spacial score (nSPS) is 20.2. The summed E-state index contributed by atoms with van der Waals surface area (Å²) in [5.74, 6) is 0.280. The van der Waals surface area contributed by atoms with Crippen LogP contribution < -0.4 is 4.31 Å². The molecular formula is C8H9NO2S. The molecule has 0 bridgehead atoms. The molecule has 0 radical (unpaired) electrons.